The van der Waals surface area contributed by atoms with Crippen molar-refractivity contribution in [1.82, 2.24) is 15.0 Å². The standard InChI is InChI=1S/C16H11N3O/c1-20-12-4-5-13-10(8-12)7-11-9-18-14-3-2-6-17-16(14)15(11)19-13/h2-9H,1H3. The Balaban J connectivity index is 2.14. The molecule has 4 nitrogen and oxygen atoms in total. The number of fused-ring (bicyclic) bond motifs is 4. The van der Waals surface area contributed by atoms with E-state index in [-0.39, 0.29) is 0 Å². The fourth-order valence-corrected chi connectivity index (χ4v) is 2.41. The van der Waals surface area contributed by atoms with E-state index in [9.17, 15) is 0 Å². The third-order valence-corrected chi connectivity index (χ3v) is 3.40. The number of benzene rings is 1. The summed E-state index contributed by atoms with van der Waals surface area (Å²) < 4.78 is 5.25. The molecule has 0 aliphatic heterocycles. The van der Waals surface area contributed by atoms with Gasteiger partial charge in [-0.2, -0.15) is 0 Å². The van der Waals surface area contributed by atoms with Gasteiger partial charge in [0.25, 0.3) is 0 Å². The van der Waals surface area contributed by atoms with Crippen molar-refractivity contribution in [3.63, 3.8) is 0 Å². The number of ether oxygens (including phenoxy) is 1. The Labute approximate surface area is 115 Å². The van der Waals surface area contributed by atoms with Gasteiger partial charge in [-0.3, -0.25) is 9.97 Å². The summed E-state index contributed by atoms with van der Waals surface area (Å²) in [6, 6.07) is 11.8. The lowest BCUT2D eigenvalue weighted by atomic mass is 10.1. The first-order chi connectivity index (χ1) is 9.85. The van der Waals surface area contributed by atoms with E-state index >= 15 is 0 Å². The number of aromatic nitrogens is 3. The van der Waals surface area contributed by atoms with Gasteiger partial charge in [-0.05, 0) is 36.4 Å². The van der Waals surface area contributed by atoms with Crippen molar-refractivity contribution in [2.45, 2.75) is 0 Å². The minimum Gasteiger partial charge on any atom is -0.497 e. The minimum absolute atomic E-state index is 0.825. The molecule has 1 aromatic carbocycles. The Kier molecular flexibility index (Phi) is 2.29. The topological polar surface area (TPSA) is 47.9 Å². The Bertz CT molecular complexity index is 950. The van der Waals surface area contributed by atoms with Crippen LogP contribution in [-0.2, 0) is 0 Å². The molecule has 0 fully saturated rings. The van der Waals surface area contributed by atoms with Crippen LogP contribution in [0.5, 0.6) is 5.75 Å². The predicted octanol–water partition coefficient (Wildman–Crippen LogP) is 3.34. The molecule has 4 aromatic rings. The summed E-state index contributed by atoms with van der Waals surface area (Å²) in [6.07, 6.45) is 3.61. The molecule has 0 amide bonds. The van der Waals surface area contributed by atoms with Crippen LogP contribution in [0.25, 0.3) is 32.8 Å². The summed E-state index contributed by atoms with van der Waals surface area (Å²) in [7, 11) is 1.66. The number of rotatable bonds is 1. The molecule has 0 radical (unpaired) electrons. The molecule has 4 heteroatoms. The van der Waals surface area contributed by atoms with Crippen LogP contribution in [0.4, 0.5) is 0 Å². The normalized spacial score (nSPS) is 11.2. The lowest BCUT2D eigenvalue weighted by Gasteiger charge is -2.05. The Hall–Kier alpha value is -2.75. The summed E-state index contributed by atoms with van der Waals surface area (Å²) in [4.78, 5) is 13.5. The number of nitrogens with zero attached hydrogens (tertiary/aromatic N) is 3. The van der Waals surface area contributed by atoms with E-state index in [1.807, 2.05) is 36.5 Å². The van der Waals surface area contributed by atoms with Crippen LogP contribution < -0.4 is 4.74 Å². The number of hydrogen-bond donors (Lipinski definition) is 0. The predicted molar refractivity (Wildman–Crippen MR) is 78.9 cm³/mol. The van der Waals surface area contributed by atoms with Gasteiger partial charge in [0.05, 0.1) is 18.1 Å². The highest BCUT2D eigenvalue weighted by atomic mass is 16.5. The highest BCUT2D eigenvalue weighted by molar-refractivity contribution is 6.04. The molecule has 0 unspecified atom stereocenters. The molecule has 20 heavy (non-hydrogen) atoms. The van der Waals surface area contributed by atoms with Crippen LogP contribution in [-0.4, -0.2) is 22.1 Å². The van der Waals surface area contributed by atoms with Crippen molar-refractivity contribution in [3.8, 4) is 5.75 Å². The highest BCUT2D eigenvalue weighted by Gasteiger charge is 2.06. The smallest absolute Gasteiger partial charge is 0.119 e. The SMILES string of the molecule is COc1ccc2nc3c(cnc4cccnc43)cc2c1. The largest absolute Gasteiger partial charge is 0.497 e. The molecule has 0 atom stereocenters. The summed E-state index contributed by atoms with van der Waals surface area (Å²) in [5, 5.41) is 2.02. The van der Waals surface area contributed by atoms with Crippen LogP contribution in [0.3, 0.4) is 0 Å². The maximum atomic E-state index is 5.25. The van der Waals surface area contributed by atoms with E-state index < -0.39 is 0 Å². The molecule has 0 bridgehead atoms. The second kappa shape index (κ2) is 4.13. The first kappa shape index (κ1) is 11.1. The molecule has 96 valence electrons. The van der Waals surface area contributed by atoms with E-state index in [0.29, 0.717) is 0 Å². The summed E-state index contributed by atoms with van der Waals surface area (Å²) in [5.74, 6) is 0.825. The van der Waals surface area contributed by atoms with Gasteiger partial charge in [-0.15, -0.1) is 0 Å². The van der Waals surface area contributed by atoms with Gasteiger partial charge in [0, 0.05) is 23.2 Å². The third kappa shape index (κ3) is 1.58. The highest BCUT2D eigenvalue weighted by Crippen LogP contribution is 2.26. The van der Waals surface area contributed by atoms with E-state index in [1.54, 1.807) is 13.3 Å². The van der Waals surface area contributed by atoms with Gasteiger partial charge in [0.2, 0.25) is 0 Å². The van der Waals surface area contributed by atoms with Gasteiger partial charge in [-0.1, -0.05) is 0 Å². The first-order valence-electron chi connectivity index (χ1n) is 6.33. The molecule has 0 aliphatic carbocycles. The third-order valence-electron chi connectivity index (χ3n) is 3.40. The lowest BCUT2D eigenvalue weighted by molar-refractivity contribution is 0.415. The molecule has 4 rings (SSSR count). The Morgan fingerprint density at radius 2 is 1.85 bits per heavy atom. The molecular weight excluding hydrogens is 250 g/mol. The van der Waals surface area contributed by atoms with E-state index in [2.05, 4.69) is 16.0 Å². The minimum atomic E-state index is 0.825. The zero-order valence-electron chi connectivity index (χ0n) is 10.9. The number of methoxy groups -OCH3 is 1. The lowest BCUT2D eigenvalue weighted by Crippen LogP contribution is -1.90. The summed E-state index contributed by atoms with van der Waals surface area (Å²) >= 11 is 0. The van der Waals surface area contributed by atoms with Gasteiger partial charge in [0.15, 0.2) is 0 Å². The monoisotopic (exact) mass is 261 g/mol. The second-order valence-corrected chi connectivity index (χ2v) is 4.61. The molecule has 0 saturated heterocycles. The molecule has 0 spiro atoms. The van der Waals surface area contributed by atoms with Gasteiger partial charge in [0.1, 0.15) is 16.8 Å². The van der Waals surface area contributed by atoms with Crippen molar-refractivity contribution >= 4 is 32.8 Å². The maximum Gasteiger partial charge on any atom is 0.119 e. The number of hydrogen-bond acceptors (Lipinski definition) is 4. The zero-order chi connectivity index (χ0) is 13.5. The van der Waals surface area contributed by atoms with Crippen LogP contribution >= 0.6 is 0 Å². The average molecular weight is 261 g/mol. The number of pyridine rings is 3. The molecule has 3 heterocycles. The summed E-state index contributed by atoms with van der Waals surface area (Å²) in [5.41, 5.74) is 3.51. The van der Waals surface area contributed by atoms with Gasteiger partial charge >= 0.3 is 0 Å². The van der Waals surface area contributed by atoms with Crippen LogP contribution in [0.1, 0.15) is 0 Å². The summed E-state index contributed by atoms with van der Waals surface area (Å²) in [6.45, 7) is 0. The van der Waals surface area contributed by atoms with Crippen molar-refractivity contribution in [1.29, 1.82) is 0 Å². The zero-order valence-corrected chi connectivity index (χ0v) is 10.9. The van der Waals surface area contributed by atoms with E-state index in [1.165, 1.54) is 0 Å². The first-order valence-corrected chi connectivity index (χ1v) is 6.33. The molecule has 0 saturated carbocycles. The van der Waals surface area contributed by atoms with Crippen molar-refractivity contribution < 1.29 is 4.74 Å². The molecular formula is C16H11N3O. The fraction of sp³-hybridized carbons (Fsp3) is 0.0625. The van der Waals surface area contributed by atoms with Crippen LogP contribution in [0.2, 0.25) is 0 Å². The Morgan fingerprint density at radius 3 is 2.75 bits per heavy atom. The van der Waals surface area contributed by atoms with E-state index in [4.69, 9.17) is 9.72 Å². The van der Waals surface area contributed by atoms with Crippen molar-refractivity contribution in [3.05, 3.63) is 48.8 Å². The average Bonchev–Trinajstić information content (AvgIpc) is 2.52. The van der Waals surface area contributed by atoms with Gasteiger partial charge in [-0.25, -0.2) is 4.98 Å². The van der Waals surface area contributed by atoms with Crippen LogP contribution in [0.15, 0.2) is 48.8 Å². The van der Waals surface area contributed by atoms with E-state index in [0.717, 1.165) is 38.6 Å². The van der Waals surface area contributed by atoms with Gasteiger partial charge < -0.3 is 4.74 Å². The van der Waals surface area contributed by atoms with Crippen LogP contribution in [0, 0.1) is 0 Å². The van der Waals surface area contributed by atoms with Crippen molar-refractivity contribution in [2.75, 3.05) is 7.11 Å². The van der Waals surface area contributed by atoms with Crippen molar-refractivity contribution in [2.24, 2.45) is 0 Å². The molecule has 0 N–H and O–H groups in total. The Morgan fingerprint density at radius 1 is 0.900 bits per heavy atom. The molecule has 0 aliphatic rings. The second-order valence-electron chi connectivity index (χ2n) is 4.61. The fourth-order valence-electron chi connectivity index (χ4n) is 2.41. The quantitative estimate of drug-likeness (QED) is 0.389. The molecule has 3 aromatic heterocycles. The maximum absolute atomic E-state index is 5.25.